The van der Waals surface area contributed by atoms with Crippen LogP contribution in [0.1, 0.15) is 55.0 Å². The topological polar surface area (TPSA) is 119 Å². The highest BCUT2D eigenvalue weighted by atomic mass is 127. The van der Waals surface area contributed by atoms with E-state index >= 15 is 0 Å². The predicted molar refractivity (Wildman–Crippen MR) is 178 cm³/mol. The summed E-state index contributed by atoms with van der Waals surface area (Å²) >= 11 is 15.0. The molecular formula is C29H31Cl2IN7O2P. The minimum absolute atomic E-state index is 0.0184. The monoisotopic (exact) mass is 737 g/mol. The average Bonchev–Trinajstić information content (AvgIpc) is 3.79. The van der Waals surface area contributed by atoms with Crippen LogP contribution in [0.15, 0.2) is 36.8 Å². The zero-order valence-corrected chi connectivity index (χ0v) is 28.1. The van der Waals surface area contributed by atoms with E-state index in [4.69, 9.17) is 38.1 Å². The minimum Gasteiger partial charge on any atom is -0.493 e. The number of pyridine rings is 2. The van der Waals surface area contributed by atoms with Crippen LogP contribution in [-0.4, -0.2) is 48.0 Å². The van der Waals surface area contributed by atoms with Crippen molar-refractivity contribution < 1.29 is 9.47 Å². The molecule has 3 heterocycles. The summed E-state index contributed by atoms with van der Waals surface area (Å²) in [5, 5.41) is 26.9. The zero-order valence-electron chi connectivity index (χ0n) is 23.4. The Kier molecular flexibility index (Phi) is 9.65. The minimum atomic E-state index is -0.527. The number of nitrogens with zero attached hydrogens (tertiary/aromatic N) is 4. The molecule has 3 N–H and O–H groups in total. The fraction of sp³-hybridized carbons (Fsp3) is 0.379. The van der Waals surface area contributed by atoms with Gasteiger partial charge < -0.3 is 24.8 Å². The second-order valence-corrected chi connectivity index (χ2v) is 13.7. The van der Waals surface area contributed by atoms with Crippen LogP contribution in [0, 0.1) is 22.7 Å². The van der Waals surface area contributed by atoms with E-state index in [1.807, 2.05) is 6.92 Å². The molecule has 13 heteroatoms. The number of nitriles is 1. The third-order valence-electron chi connectivity index (χ3n) is 7.53. The van der Waals surface area contributed by atoms with Gasteiger partial charge in [0.1, 0.15) is 18.0 Å². The molecule has 9 nitrogen and oxygen atoms in total. The van der Waals surface area contributed by atoms with Crippen LogP contribution in [0.25, 0.3) is 0 Å². The highest BCUT2D eigenvalue weighted by molar-refractivity contribution is 14.2. The molecule has 0 spiro atoms. The summed E-state index contributed by atoms with van der Waals surface area (Å²) in [5.41, 5.74) is 3.06. The van der Waals surface area contributed by atoms with Crippen LogP contribution < -0.4 is 24.8 Å². The van der Waals surface area contributed by atoms with E-state index in [1.165, 1.54) is 25.2 Å². The molecule has 1 aromatic carbocycles. The average molecular weight is 738 g/mol. The number of hydrogen-bond donors (Lipinski definition) is 3. The summed E-state index contributed by atoms with van der Waals surface area (Å²) in [6.45, 7) is 6.66. The molecule has 1 unspecified atom stereocenters. The fourth-order valence-corrected chi connectivity index (χ4v) is 6.94. The first-order valence-electron chi connectivity index (χ1n) is 13.4. The zero-order chi connectivity index (χ0) is 30.0. The molecule has 1 saturated heterocycles. The summed E-state index contributed by atoms with van der Waals surface area (Å²) in [4.78, 5) is 10.8. The molecule has 3 aromatic rings. The van der Waals surface area contributed by atoms with Crippen LogP contribution in [0.3, 0.4) is 0 Å². The fourth-order valence-electron chi connectivity index (χ4n) is 5.09. The number of nitrogens with one attached hydrogen (secondary N) is 3. The molecule has 220 valence electrons. The molecule has 0 radical (unpaired) electrons. The Labute approximate surface area is 270 Å². The smallest absolute Gasteiger partial charge is 0.162 e. The maximum absolute atomic E-state index is 10.0. The molecule has 2 aromatic heterocycles. The molecular weight excluding hydrogens is 707 g/mol. The van der Waals surface area contributed by atoms with Gasteiger partial charge in [-0.15, -0.1) is 0 Å². The van der Waals surface area contributed by atoms with Gasteiger partial charge in [0.05, 0.1) is 39.7 Å². The molecule has 1 aliphatic carbocycles. The molecule has 2 aliphatic rings. The largest absolute Gasteiger partial charge is 0.493 e. The Hall–Kier alpha value is -2.42. The van der Waals surface area contributed by atoms with Crippen LogP contribution in [-0.2, 0) is 0 Å². The predicted octanol–water partition coefficient (Wildman–Crippen LogP) is 7.15. The molecule has 2 atom stereocenters. The normalized spacial score (nSPS) is 16.5. The number of rotatable bonds is 12. The second-order valence-electron chi connectivity index (χ2n) is 10.9. The lowest BCUT2D eigenvalue weighted by atomic mass is 9.91. The maximum Gasteiger partial charge on any atom is 0.162 e. The number of halogens is 3. The van der Waals surface area contributed by atoms with E-state index in [1.54, 1.807) is 31.5 Å². The quantitative estimate of drug-likeness (QED) is 0.102. The van der Waals surface area contributed by atoms with Crippen molar-refractivity contribution in [2.24, 2.45) is 5.92 Å². The Balaban J connectivity index is 1.41. The number of anilines is 2. The van der Waals surface area contributed by atoms with Crippen molar-refractivity contribution in [1.82, 2.24) is 15.3 Å². The van der Waals surface area contributed by atoms with Crippen molar-refractivity contribution in [3.8, 4) is 17.6 Å². The number of ether oxygens (including phenoxy) is 2. The van der Waals surface area contributed by atoms with Crippen molar-refractivity contribution in [3.05, 3.63) is 69.1 Å². The van der Waals surface area contributed by atoms with Crippen molar-refractivity contribution in [1.29, 1.82) is 10.7 Å². The van der Waals surface area contributed by atoms with Crippen molar-refractivity contribution in [2.45, 2.75) is 38.3 Å². The summed E-state index contributed by atoms with van der Waals surface area (Å²) in [5.74, 6) is 2.35. The summed E-state index contributed by atoms with van der Waals surface area (Å²) in [6, 6.07) is 7.58. The van der Waals surface area contributed by atoms with Crippen molar-refractivity contribution in [3.63, 3.8) is 0 Å². The van der Waals surface area contributed by atoms with Gasteiger partial charge in [0, 0.05) is 60.8 Å². The van der Waals surface area contributed by atoms with Crippen LogP contribution in [0.5, 0.6) is 11.5 Å². The van der Waals surface area contributed by atoms with E-state index in [2.05, 4.69) is 60.3 Å². The number of hydrogen-bond acceptors (Lipinski definition) is 9. The summed E-state index contributed by atoms with van der Waals surface area (Å²) in [6.07, 6.45) is 7.13. The van der Waals surface area contributed by atoms with Gasteiger partial charge in [0.15, 0.2) is 11.5 Å². The van der Waals surface area contributed by atoms with Gasteiger partial charge >= 0.3 is 0 Å². The first-order valence-corrected chi connectivity index (χ1v) is 18.3. The van der Waals surface area contributed by atoms with Crippen LogP contribution in [0.2, 0.25) is 10.0 Å². The second kappa shape index (κ2) is 13.1. The van der Waals surface area contributed by atoms with Gasteiger partial charge in [-0.2, -0.15) is 5.26 Å². The Morgan fingerprint density at radius 1 is 1.24 bits per heavy atom. The van der Waals surface area contributed by atoms with Gasteiger partial charge in [-0.25, -0.2) is 4.98 Å². The summed E-state index contributed by atoms with van der Waals surface area (Å²) in [7, 11) is 1.56. The lowest BCUT2D eigenvalue weighted by Crippen LogP contribution is -2.68. The first-order chi connectivity index (χ1) is 20.2. The summed E-state index contributed by atoms with van der Waals surface area (Å²) < 4.78 is 11.9. The van der Waals surface area contributed by atoms with Crippen LogP contribution in [0.4, 0.5) is 11.5 Å². The molecule has 1 saturated carbocycles. The van der Waals surface area contributed by atoms with E-state index in [0.29, 0.717) is 61.7 Å². The van der Waals surface area contributed by atoms with Crippen molar-refractivity contribution >= 4 is 68.8 Å². The maximum atomic E-state index is 10.0. The van der Waals surface area contributed by atoms with E-state index in [9.17, 15) is 5.26 Å². The highest BCUT2D eigenvalue weighted by Gasteiger charge is 2.41. The van der Waals surface area contributed by atoms with Gasteiger partial charge in [-0.1, -0.05) is 23.2 Å². The lowest BCUT2D eigenvalue weighted by Gasteiger charge is -2.49. The standard InChI is InChI=1S/C29H31Cl2IN7O2P/c1-16(26-21(30)12-35-13-22(26)31)41-25-7-20(23(38-42-32)8-24(25)40-3)27(34)19-6-18(9-33)28(36-11-19)39-14-29(2,15-39)37-10-17-4-5-17/h6-8,11-13,16-17,34,37-38,42H,4-5,10,14-15H2,1-3H3/t16-/m1/s1. The first kappa shape index (κ1) is 31.0. The molecule has 1 aliphatic heterocycles. The van der Waals surface area contributed by atoms with Crippen LogP contribution >= 0.6 is 51.6 Å². The van der Waals surface area contributed by atoms with E-state index < -0.39 is 6.10 Å². The Bertz CT molecular complexity index is 1520. The highest BCUT2D eigenvalue weighted by Crippen LogP contribution is 2.41. The van der Waals surface area contributed by atoms with Gasteiger partial charge in [0.25, 0.3) is 0 Å². The SMILES string of the molecule is COc1cc(NPI)c(C(=N)c2cnc(N3CC(C)(NCC4CC4)C3)c(C#N)c2)cc1O[C@H](C)c1c(Cl)cncc1Cl. The number of aromatic nitrogens is 2. The molecule has 0 bridgehead atoms. The number of methoxy groups -OCH3 is 1. The third kappa shape index (κ3) is 6.71. The van der Waals surface area contributed by atoms with Gasteiger partial charge in [-0.05, 0) is 73.3 Å². The number of benzene rings is 1. The lowest BCUT2D eigenvalue weighted by molar-refractivity contribution is 0.216. The third-order valence-corrected chi connectivity index (χ3v) is 9.30. The van der Waals surface area contributed by atoms with Crippen molar-refractivity contribution in [2.75, 3.05) is 36.7 Å². The molecule has 5 rings (SSSR count). The van der Waals surface area contributed by atoms with Gasteiger partial charge in [-0.3, -0.25) is 10.4 Å². The van der Waals surface area contributed by atoms with E-state index in [0.717, 1.165) is 25.6 Å². The molecule has 2 fully saturated rings. The molecule has 0 amide bonds. The molecule has 42 heavy (non-hydrogen) atoms. The Morgan fingerprint density at radius 3 is 2.57 bits per heavy atom. The van der Waals surface area contributed by atoms with Gasteiger partial charge in [0.2, 0.25) is 0 Å². The van der Waals surface area contributed by atoms with E-state index in [-0.39, 0.29) is 11.3 Å². The Morgan fingerprint density at radius 2 is 1.95 bits per heavy atom.